The van der Waals surface area contributed by atoms with Gasteiger partial charge < -0.3 is 15.7 Å². The predicted octanol–water partition coefficient (Wildman–Crippen LogP) is 2.20. The average Bonchev–Trinajstić information content (AvgIpc) is 2.70. The highest BCUT2D eigenvalue weighted by Crippen LogP contribution is 2.18. The van der Waals surface area contributed by atoms with Crippen LogP contribution in [0.4, 0.5) is 0 Å². The van der Waals surface area contributed by atoms with Crippen molar-refractivity contribution in [2.75, 3.05) is 20.2 Å². The van der Waals surface area contributed by atoms with Gasteiger partial charge in [0, 0.05) is 31.6 Å². The molecule has 7 nitrogen and oxygen atoms in total. The number of hydrogen-bond donors (Lipinski definition) is 4. The van der Waals surface area contributed by atoms with Gasteiger partial charge in [0.05, 0.1) is 11.5 Å². The van der Waals surface area contributed by atoms with Gasteiger partial charge in [0.25, 0.3) is 0 Å². The summed E-state index contributed by atoms with van der Waals surface area (Å²) in [6.45, 7) is 6.21. The average molecular weight is 433 g/mol. The molecule has 164 valence electrons. The Morgan fingerprint density at radius 2 is 1.67 bits per heavy atom. The molecule has 0 aliphatic rings. The zero-order valence-corrected chi connectivity index (χ0v) is 18.8. The van der Waals surface area contributed by atoms with Crippen LogP contribution in [0.15, 0.2) is 64.5 Å². The Bertz CT molecular complexity index is 938. The number of aliphatic hydroxyl groups is 1. The quantitative estimate of drug-likeness (QED) is 0.378. The van der Waals surface area contributed by atoms with Crippen molar-refractivity contribution < 1.29 is 13.5 Å². The number of benzene rings is 2. The second-order valence-corrected chi connectivity index (χ2v) is 9.71. The molecule has 0 saturated heterocycles. The van der Waals surface area contributed by atoms with Gasteiger partial charge in [-0.15, -0.1) is 0 Å². The summed E-state index contributed by atoms with van der Waals surface area (Å²) in [5.41, 5.74) is 1.10. The Morgan fingerprint density at radius 1 is 1.03 bits per heavy atom. The fourth-order valence-electron chi connectivity index (χ4n) is 3.00. The minimum absolute atomic E-state index is 0.00750. The number of guanidine groups is 1. The van der Waals surface area contributed by atoms with Crippen LogP contribution in [-0.2, 0) is 16.6 Å². The molecule has 4 N–H and O–H groups in total. The molecule has 30 heavy (non-hydrogen) atoms. The van der Waals surface area contributed by atoms with Gasteiger partial charge in [-0.3, -0.25) is 4.99 Å². The Labute approximate surface area is 179 Å². The topological polar surface area (TPSA) is 103 Å². The van der Waals surface area contributed by atoms with E-state index in [9.17, 15) is 13.5 Å². The second kappa shape index (κ2) is 10.6. The first kappa shape index (κ1) is 23.9. The molecule has 0 radical (unpaired) electrons. The molecule has 0 aliphatic heterocycles. The van der Waals surface area contributed by atoms with Crippen molar-refractivity contribution in [1.82, 2.24) is 15.4 Å². The van der Waals surface area contributed by atoms with Crippen LogP contribution in [0.25, 0.3) is 0 Å². The van der Waals surface area contributed by atoms with E-state index in [4.69, 9.17) is 0 Å². The minimum Gasteiger partial charge on any atom is -0.396 e. The Morgan fingerprint density at radius 3 is 2.27 bits per heavy atom. The summed E-state index contributed by atoms with van der Waals surface area (Å²) in [6, 6.07) is 16.6. The number of sulfonamides is 1. The van der Waals surface area contributed by atoms with E-state index in [0.29, 0.717) is 18.1 Å². The zero-order valence-electron chi connectivity index (χ0n) is 18.0. The highest BCUT2D eigenvalue weighted by molar-refractivity contribution is 7.89. The molecule has 1 unspecified atom stereocenters. The molecule has 0 amide bonds. The summed E-state index contributed by atoms with van der Waals surface area (Å²) in [7, 11) is -2.00. The van der Waals surface area contributed by atoms with Crippen LogP contribution in [-0.4, -0.2) is 45.2 Å². The van der Waals surface area contributed by atoms with Crippen LogP contribution in [0.1, 0.15) is 37.8 Å². The molecule has 0 spiro atoms. The van der Waals surface area contributed by atoms with Crippen molar-refractivity contribution >= 4 is 16.0 Å². The lowest BCUT2D eigenvalue weighted by Gasteiger charge is -2.22. The Kier molecular flexibility index (Phi) is 8.40. The summed E-state index contributed by atoms with van der Waals surface area (Å²) in [5, 5.41) is 16.1. The second-order valence-electron chi connectivity index (χ2n) is 8.06. The van der Waals surface area contributed by atoms with Gasteiger partial charge in [0.1, 0.15) is 0 Å². The third-order valence-corrected chi connectivity index (χ3v) is 6.24. The van der Waals surface area contributed by atoms with Crippen LogP contribution in [0.2, 0.25) is 0 Å². The molecular formula is C22H32N4O3S. The first-order valence-electron chi connectivity index (χ1n) is 9.88. The number of nitrogens with zero attached hydrogens (tertiary/aromatic N) is 1. The number of nitrogens with one attached hydrogen (secondary N) is 3. The first-order chi connectivity index (χ1) is 14.2. The minimum atomic E-state index is -3.65. The summed E-state index contributed by atoms with van der Waals surface area (Å²) in [6.07, 6.45) is 0. The monoisotopic (exact) mass is 432 g/mol. The van der Waals surface area contributed by atoms with Gasteiger partial charge in [-0.25, -0.2) is 13.1 Å². The highest BCUT2D eigenvalue weighted by atomic mass is 32.2. The SMILES string of the molecule is CN=C(NCc1ccccc1S(=O)(=O)NC(C)(C)C)NCC(CO)c1ccccc1. The molecule has 2 rings (SSSR count). The van der Waals surface area contributed by atoms with Crippen LogP contribution in [0, 0.1) is 0 Å². The zero-order chi connectivity index (χ0) is 22.2. The molecule has 1 atom stereocenters. The maximum atomic E-state index is 12.8. The molecular weight excluding hydrogens is 400 g/mol. The summed E-state index contributed by atoms with van der Waals surface area (Å²) in [4.78, 5) is 4.44. The van der Waals surface area contributed by atoms with E-state index in [1.807, 2.05) is 51.1 Å². The summed E-state index contributed by atoms with van der Waals surface area (Å²) in [5.74, 6) is 0.453. The van der Waals surface area contributed by atoms with Crippen LogP contribution >= 0.6 is 0 Å². The highest BCUT2D eigenvalue weighted by Gasteiger charge is 2.24. The molecule has 2 aromatic carbocycles. The van der Waals surface area contributed by atoms with Crippen LogP contribution < -0.4 is 15.4 Å². The molecule has 0 aromatic heterocycles. The Hall–Kier alpha value is -2.42. The molecule has 2 aromatic rings. The molecule has 0 fully saturated rings. The van der Waals surface area contributed by atoms with E-state index in [0.717, 1.165) is 5.56 Å². The molecule has 0 saturated carbocycles. The van der Waals surface area contributed by atoms with Crippen molar-refractivity contribution in [3.63, 3.8) is 0 Å². The van der Waals surface area contributed by atoms with E-state index in [2.05, 4.69) is 20.3 Å². The lowest BCUT2D eigenvalue weighted by atomic mass is 10.0. The van der Waals surface area contributed by atoms with Gasteiger partial charge in [-0.2, -0.15) is 0 Å². The van der Waals surface area contributed by atoms with Gasteiger partial charge >= 0.3 is 0 Å². The molecule has 0 heterocycles. The summed E-state index contributed by atoms with van der Waals surface area (Å²) < 4.78 is 28.3. The first-order valence-corrected chi connectivity index (χ1v) is 11.4. The Balaban J connectivity index is 2.05. The van der Waals surface area contributed by atoms with Crippen LogP contribution in [0.3, 0.4) is 0 Å². The van der Waals surface area contributed by atoms with E-state index >= 15 is 0 Å². The van der Waals surface area contributed by atoms with Crippen molar-refractivity contribution in [2.24, 2.45) is 4.99 Å². The lowest BCUT2D eigenvalue weighted by molar-refractivity contribution is 0.265. The fraction of sp³-hybridized carbons (Fsp3) is 0.409. The van der Waals surface area contributed by atoms with Crippen LogP contribution in [0.5, 0.6) is 0 Å². The number of aliphatic imine (C=N–C) groups is 1. The van der Waals surface area contributed by atoms with Gasteiger partial charge in [0.15, 0.2) is 5.96 Å². The molecule has 8 heteroatoms. The van der Waals surface area contributed by atoms with E-state index in [1.54, 1.807) is 31.3 Å². The third kappa shape index (κ3) is 7.12. The predicted molar refractivity (Wildman–Crippen MR) is 121 cm³/mol. The van der Waals surface area contributed by atoms with Crippen molar-refractivity contribution in [1.29, 1.82) is 0 Å². The number of hydrogen-bond acceptors (Lipinski definition) is 4. The summed E-state index contributed by atoms with van der Waals surface area (Å²) >= 11 is 0. The maximum Gasteiger partial charge on any atom is 0.241 e. The van der Waals surface area contributed by atoms with Crippen molar-refractivity contribution in [2.45, 2.75) is 43.7 Å². The maximum absolute atomic E-state index is 12.8. The third-order valence-electron chi connectivity index (χ3n) is 4.38. The normalized spacial score (nSPS) is 13.7. The number of aliphatic hydroxyl groups excluding tert-OH is 1. The molecule has 0 bridgehead atoms. The van der Waals surface area contributed by atoms with E-state index < -0.39 is 15.6 Å². The fourth-order valence-corrected chi connectivity index (χ4v) is 4.66. The largest absolute Gasteiger partial charge is 0.396 e. The smallest absolute Gasteiger partial charge is 0.241 e. The van der Waals surface area contributed by atoms with Gasteiger partial charge in [-0.05, 0) is 38.0 Å². The van der Waals surface area contributed by atoms with Crippen molar-refractivity contribution in [3.05, 3.63) is 65.7 Å². The molecule has 0 aliphatic carbocycles. The standard InChI is InChI=1S/C22H32N4O3S/c1-22(2,3)26-30(28,29)20-13-9-8-12-18(20)14-24-21(23-4)25-15-19(16-27)17-10-6-5-7-11-17/h5-13,19,26-27H,14-16H2,1-4H3,(H2,23,24,25). The van der Waals surface area contributed by atoms with Crippen molar-refractivity contribution in [3.8, 4) is 0 Å². The van der Waals surface area contributed by atoms with E-state index in [1.165, 1.54) is 0 Å². The van der Waals surface area contributed by atoms with Gasteiger partial charge in [-0.1, -0.05) is 48.5 Å². The lowest BCUT2D eigenvalue weighted by Crippen LogP contribution is -2.42. The van der Waals surface area contributed by atoms with E-state index in [-0.39, 0.29) is 24.0 Å². The number of rotatable bonds is 8. The van der Waals surface area contributed by atoms with Gasteiger partial charge in [0.2, 0.25) is 10.0 Å².